The predicted octanol–water partition coefficient (Wildman–Crippen LogP) is 2.03. The zero-order valence-corrected chi connectivity index (χ0v) is 8.68. The number of hydrogen-bond donors (Lipinski definition) is 0. The summed E-state index contributed by atoms with van der Waals surface area (Å²) in [5.41, 5.74) is 0.257. The third kappa shape index (κ3) is 1.48. The summed E-state index contributed by atoms with van der Waals surface area (Å²) >= 11 is 0. The highest BCUT2D eigenvalue weighted by Crippen LogP contribution is 2.38. The van der Waals surface area contributed by atoms with Crippen LogP contribution < -0.4 is 0 Å². The maximum Gasteiger partial charge on any atom is 0.310 e. The third-order valence-corrected chi connectivity index (χ3v) is 4.70. The first-order valence-corrected chi connectivity index (χ1v) is 7.75. The molecular formula is C8H16O2Si. The lowest BCUT2D eigenvalue weighted by atomic mass is 10.1. The molecule has 1 aliphatic rings. The molecule has 1 saturated heterocycles. The second-order valence-corrected chi connectivity index (χ2v) is 9.58. The average Bonchev–Trinajstić information content (AvgIpc) is 1.77. The highest BCUT2D eigenvalue weighted by atomic mass is 28.3. The SMILES string of the molecule is CC[C@H]1OC(=O)[C@H]1[Si](C)(C)C. The summed E-state index contributed by atoms with van der Waals surface area (Å²) in [6.07, 6.45) is 1.20. The standard InChI is InChI=1S/C8H16O2Si/c1-5-6-7(8(9)10-6)11(2,3)4/h6-7H,5H2,1-4H3/t6-,7+/m1/s1. The van der Waals surface area contributed by atoms with Gasteiger partial charge in [-0.05, 0) is 6.42 Å². The molecule has 3 heteroatoms. The van der Waals surface area contributed by atoms with Crippen molar-refractivity contribution in [2.45, 2.75) is 44.6 Å². The van der Waals surface area contributed by atoms with Gasteiger partial charge < -0.3 is 4.74 Å². The minimum absolute atomic E-state index is 0.0380. The van der Waals surface area contributed by atoms with E-state index in [1.165, 1.54) is 0 Å². The number of rotatable bonds is 2. The molecule has 2 atom stereocenters. The van der Waals surface area contributed by atoms with Gasteiger partial charge in [0, 0.05) is 0 Å². The normalized spacial score (nSPS) is 31.1. The quantitative estimate of drug-likeness (QED) is 0.470. The predicted molar refractivity (Wildman–Crippen MR) is 47.3 cm³/mol. The van der Waals surface area contributed by atoms with Gasteiger partial charge >= 0.3 is 5.97 Å². The Balaban J connectivity index is 2.63. The lowest BCUT2D eigenvalue weighted by Gasteiger charge is -2.41. The van der Waals surface area contributed by atoms with Gasteiger partial charge in [-0.2, -0.15) is 0 Å². The first-order valence-electron chi connectivity index (χ1n) is 4.17. The molecule has 64 valence electrons. The Kier molecular flexibility index (Phi) is 2.10. The van der Waals surface area contributed by atoms with Gasteiger partial charge in [-0.1, -0.05) is 26.6 Å². The number of carbonyl (C=O) groups is 1. The first kappa shape index (κ1) is 8.78. The third-order valence-electron chi connectivity index (χ3n) is 2.23. The molecule has 0 radical (unpaired) electrons. The Morgan fingerprint density at radius 3 is 2.18 bits per heavy atom. The number of esters is 1. The lowest BCUT2D eigenvalue weighted by Crippen LogP contribution is -2.52. The van der Waals surface area contributed by atoms with Crippen LogP contribution in [0.3, 0.4) is 0 Å². The molecule has 1 aliphatic heterocycles. The smallest absolute Gasteiger partial charge is 0.310 e. The molecule has 0 aliphatic carbocycles. The van der Waals surface area contributed by atoms with Crippen molar-refractivity contribution >= 4 is 14.0 Å². The van der Waals surface area contributed by atoms with E-state index in [0.717, 1.165) is 6.42 Å². The van der Waals surface area contributed by atoms with Crippen molar-refractivity contribution in [3.05, 3.63) is 0 Å². The van der Waals surface area contributed by atoms with Crippen molar-refractivity contribution < 1.29 is 9.53 Å². The highest BCUT2D eigenvalue weighted by Gasteiger charge is 2.49. The van der Waals surface area contributed by atoms with E-state index < -0.39 is 8.07 Å². The lowest BCUT2D eigenvalue weighted by molar-refractivity contribution is -0.169. The van der Waals surface area contributed by atoms with Crippen LogP contribution in [0, 0.1) is 0 Å². The molecule has 1 heterocycles. The van der Waals surface area contributed by atoms with Gasteiger partial charge in [0.15, 0.2) is 0 Å². The zero-order chi connectivity index (χ0) is 8.65. The van der Waals surface area contributed by atoms with Crippen LogP contribution in [-0.4, -0.2) is 20.1 Å². The van der Waals surface area contributed by atoms with Gasteiger partial charge in [-0.25, -0.2) is 0 Å². The van der Waals surface area contributed by atoms with Crippen LogP contribution in [0.15, 0.2) is 0 Å². The Hall–Kier alpha value is -0.313. The molecule has 0 bridgehead atoms. The van der Waals surface area contributed by atoms with E-state index in [-0.39, 0.29) is 17.6 Å². The first-order chi connectivity index (χ1) is 4.96. The van der Waals surface area contributed by atoms with Crippen LogP contribution in [-0.2, 0) is 9.53 Å². The molecule has 0 unspecified atom stereocenters. The van der Waals surface area contributed by atoms with Gasteiger partial charge in [-0.3, -0.25) is 4.79 Å². The topological polar surface area (TPSA) is 26.3 Å². The van der Waals surface area contributed by atoms with Crippen molar-refractivity contribution in [1.82, 2.24) is 0 Å². The second kappa shape index (κ2) is 2.63. The van der Waals surface area contributed by atoms with Crippen molar-refractivity contribution in [2.75, 3.05) is 0 Å². The summed E-state index contributed by atoms with van der Waals surface area (Å²) in [7, 11) is -1.30. The summed E-state index contributed by atoms with van der Waals surface area (Å²) in [5.74, 6) is 0.0380. The number of ether oxygens (including phenoxy) is 1. The maximum absolute atomic E-state index is 11.1. The summed E-state index contributed by atoms with van der Waals surface area (Å²) in [5, 5.41) is 0. The van der Waals surface area contributed by atoms with E-state index in [4.69, 9.17) is 4.74 Å². The number of cyclic esters (lactones) is 1. The molecular weight excluding hydrogens is 156 g/mol. The Morgan fingerprint density at radius 1 is 1.45 bits per heavy atom. The van der Waals surface area contributed by atoms with Crippen molar-refractivity contribution in [3.8, 4) is 0 Å². The number of hydrogen-bond acceptors (Lipinski definition) is 2. The fourth-order valence-electron chi connectivity index (χ4n) is 1.60. The van der Waals surface area contributed by atoms with Crippen LogP contribution in [0.4, 0.5) is 0 Å². The molecule has 0 aromatic rings. The highest BCUT2D eigenvalue weighted by molar-refractivity contribution is 6.81. The monoisotopic (exact) mass is 172 g/mol. The Labute approximate surface area is 68.9 Å². The van der Waals surface area contributed by atoms with Crippen LogP contribution in [0.1, 0.15) is 13.3 Å². The largest absolute Gasteiger partial charge is 0.462 e. The molecule has 0 aromatic heterocycles. The molecule has 0 amide bonds. The number of carbonyl (C=O) groups excluding carboxylic acids is 1. The Bertz CT molecular complexity index is 171. The van der Waals surface area contributed by atoms with Crippen LogP contribution in [0.25, 0.3) is 0 Å². The fraction of sp³-hybridized carbons (Fsp3) is 0.875. The van der Waals surface area contributed by atoms with E-state index in [9.17, 15) is 4.79 Å². The van der Waals surface area contributed by atoms with E-state index in [1.54, 1.807) is 0 Å². The van der Waals surface area contributed by atoms with Gasteiger partial charge in [0.05, 0.1) is 13.6 Å². The van der Waals surface area contributed by atoms with E-state index >= 15 is 0 Å². The molecule has 0 aromatic carbocycles. The second-order valence-electron chi connectivity index (χ2n) is 4.23. The summed E-state index contributed by atoms with van der Waals surface area (Å²) in [4.78, 5) is 11.1. The van der Waals surface area contributed by atoms with Crippen molar-refractivity contribution in [3.63, 3.8) is 0 Å². The van der Waals surface area contributed by atoms with Crippen LogP contribution in [0.2, 0.25) is 25.2 Å². The van der Waals surface area contributed by atoms with E-state index in [2.05, 4.69) is 26.6 Å². The van der Waals surface area contributed by atoms with E-state index in [1.807, 2.05) is 0 Å². The van der Waals surface area contributed by atoms with Gasteiger partial charge in [-0.15, -0.1) is 0 Å². The van der Waals surface area contributed by atoms with Crippen molar-refractivity contribution in [2.24, 2.45) is 0 Å². The molecule has 0 spiro atoms. The van der Waals surface area contributed by atoms with Crippen LogP contribution in [0.5, 0.6) is 0 Å². The van der Waals surface area contributed by atoms with E-state index in [0.29, 0.717) is 0 Å². The van der Waals surface area contributed by atoms with Crippen LogP contribution >= 0.6 is 0 Å². The Morgan fingerprint density at radius 2 is 2.00 bits per heavy atom. The molecule has 1 rings (SSSR count). The average molecular weight is 172 g/mol. The zero-order valence-electron chi connectivity index (χ0n) is 7.68. The molecule has 1 fully saturated rings. The van der Waals surface area contributed by atoms with Crippen molar-refractivity contribution in [1.29, 1.82) is 0 Å². The van der Waals surface area contributed by atoms with Gasteiger partial charge in [0.2, 0.25) is 0 Å². The molecule has 0 N–H and O–H groups in total. The molecule has 11 heavy (non-hydrogen) atoms. The molecule has 2 nitrogen and oxygen atoms in total. The minimum atomic E-state index is -1.30. The maximum atomic E-state index is 11.1. The fourth-order valence-corrected chi connectivity index (χ4v) is 3.79. The summed E-state index contributed by atoms with van der Waals surface area (Å²) in [6.45, 7) is 8.74. The summed E-state index contributed by atoms with van der Waals surface area (Å²) < 4.78 is 5.02. The summed E-state index contributed by atoms with van der Waals surface area (Å²) in [6, 6.07) is 0. The van der Waals surface area contributed by atoms with Gasteiger partial charge in [0.1, 0.15) is 6.10 Å². The molecule has 0 saturated carbocycles. The van der Waals surface area contributed by atoms with Gasteiger partial charge in [0.25, 0.3) is 0 Å². The minimum Gasteiger partial charge on any atom is -0.462 e.